The zero-order valence-corrected chi connectivity index (χ0v) is 9.51. The minimum atomic E-state index is 0.101. The molecule has 0 saturated heterocycles. The van der Waals surface area contributed by atoms with Crippen molar-refractivity contribution >= 4 is 39.1 Å². The highest BCUT2D eigenvalue weighted by molar-refractivity contribution is 9.10. The first kappa shape index (κ1) is 11.1. The maximum Gasteiger partial charge on any atom is 0.158 e. The Hall–Kier alpha value is -0.940. The highest BCUT2D eigenvalue weighted by Crippen LogP contribution is 2.25. The van der Waals surface area contributed by atoms with E-state index >= 15 is 0 Å². The lowest BCUT2D eigenvalue weighted by molar-refractivity contribution is 0.317. The SMILES string of the molecule is NC(CNc1ccc(Br)cc1Cl)=NO. The Morgan fingerprint density at radius 3 is 2.93 bits per heavy atom. The van der Waals surface area contributed by atoms with Gasteiger partial charge in [-0.25, -0.2) is 0 Å². The summed E-state index contributed by atoms with van der Waals surface area (Å²) < 4.78 is 0.900. The third-order valence-electron chi connectivity index (χ3n) is 1.52. The number of nitrogens with zero attached hydrogens (tertiary/aromatic N) is 1. The topological polar surface area (TPSA) is 70.6 Å². The lowest BCUT2D eigenvalue weighted by Gasteiger charge is -2.07. The van der Waals surface area contributed by atoms with Gasteiger partial charge in [-0.3, -0.25) is 0 Å². The van der Waals surface area contributed by atoms with Crippen LogP contribution in [-0.2, 0) is 0 Å². The predicted molar refractivity (Wildman–Crippen MR) is 61.1 cm³/mol. The second kappa shape index (κ2) is 5.07. The number of hydrogen-bond donors (Lipinski definition) is 3. The van der Waals surface area contributed by atoms with Crippen molar-refractivity contribution in [2.45, 2.75) is 0 Å². The summed E-state index contributed by atoms with van der Waals surface area (Å²) in [7, 11) is 0. The fourth-order valence-corrected chi connectivity index (χ4v) is 1.59. The van der Waals surface area contributed by atoms with Crippen molar-refractivity contribution in [1.29, 1.82) is 0 Å². The monoisotopic (exact) mass is 277 g/mol. The first-order chi connectivity index (χ1) is 6.63. The second-order valence-electron chi connectivity index (χ2n) is 2.57. The van der Waals surface area contributed by atoms with Crippen molar-refractivity contribution in [2.24, 2.45) is 10.9 Å². The van der Waals surface area contributed by atoms with Crippen molar-refractivity contribution in [3.8, 4) is 0 Å². The van der Waals surface area contributed by atoms with E-state index in [1.807, 2.05) is 6.07 Å². The lowest BCUT2D eigenvalue weighted by Crippen LogP contribution is -2.22. The summed E-state index contributed by atoms with van der Waals surface area (Å²) in [5.74, 6) is 0.101. The second-order valence-corrected chi connectivity index (χ2v) is 3.89. The minimum absolute atomic E-state index is 0.101. The molecule has 0 aliphatic carbocycles. The molecule has 4 nitrogen and oxygen atoms in total. The van der Waals surface area contributed by atoms with Gasteiger partial charge in [0.1, 0.15) is 0 Å². The van der Waals surface area contributed by atoms with Crippen LogP contribution in [0, 0.1) is 0 Å². The summed E-state index contributed by atoms with van der Waals surface area (Å²) in [4.78, 5) is 0. The standard InChI is InChI=1S/C8H9BrClN3O/c9-5-1-2-7(6(10)3-5)12-4-8(11)13-14/h1-3,12,14H,4H2,(H2,11,13). The Morgan fingerprint density at radius 2 is 2.36 bits per heavy atom. The van der Waals surface area contributed by atoms with Gasteiger partial charge in [0.2, 0.25) is 0 Å². The predicted octanol–water partition coefficient (Wildman–Crippen LogP) is 2.26. The van der Waals surface area contributed by atoms with Crippen LogP contribution in [0.4, 0.5) is 5.69 Å². The number of benzene rings is 1. The van der Waals surface area contributed by atoms with Crippen LogP contribution in [-0.4, -0.2) is 17.6 Å². The molecule has 1 aromatic rings. The molecule has 0 aliphatic heterocycles. The Labute approximate surface area is 94.9 Å². The van der Waals surface area contributed by atoms with Gasteiger partial charge in [0.15, 0.2) is 5.84 Å². The third kappa shape index (κ3) is 3.08. The largest absolute Gasteiger partial charge is 0.409 e. The van der Waals surface area contributed by atoms with E-state index in [9.17, 15) is 0 Å². The zero-order chi connectivity index (χ0) is 10.6. The molecule has 0 bridgehead atoms. The molecule has 0 fully saturated rings. The molecule has 0 radical (unpaired) electrons. The van der Waals surface area contributed by atoms with Gasteiger partial charge in [-0.05, 0) is 18.2 Å². The Kier molecular flexibility index (Phi) is 4.03. The van der Waals surface area contributed by atoms with Gasteiger partial charge >= 0.3 is 0 Å². The van der Waals surface area contributed by atoms with Crippen molar-refractivity contribution in [1.82, 2.24) is 0 Å². The van der Waals surface area contributed by atoms with Crippen LogP contribution in [0.15, 0.2) is 27.8 Å². The van der Waals surface area contributed by atoms with Gasteiger partial charge in [0.05, 0.1) is 17.3 Å². The van der Waals surface area contributed by atoms with Crippen LogP contribution in [0.25, 0.3) is 0 Å². The molecule has 1 aromatic carbocycles. The molecule has 1 rings (SSSR count). The number of anilines is 1. The lowest BCUT2D eigenvalue weighted by atomic mass is 10.3. The van der Waals surface area contributed by atoms with Crippen LogP contribution in [0.5, 0.6) is 0 Å². The van der Waals surface area contributed by atoms with Crippen LogP contribution < -0.4 is 11.1 Å². The molecule has 0 unspecified atom stereocenters. The Balaban J connectivity index is 2.68. The average molecular weight is 279 g/mol. The zero-order valence-electron chi connectivity index (χ0n) is 7.17. The summed E-state index contributed by atoms with van der Waals surface area (Å²) >= 11 is 9.21. The molecule has 0 aliphatic rings. The molecular weight excluding hydrogens is 269 g/mol. The van der Waals surface area contributed by atoms with Gasteiger partial charge in [0.25, 0.3) is 0 Å². The molecule has 4 N–H and O–H groups in total. The molecule has 0 atom stereocenters. The van der Waals surface area contributed by atoms with Crippen LogP contribution >= 0.6 is 27.5 Å². The molecule has 6 heteroatoms. The van der Waals surface area contributed by atoms with E-state index in [1.165, 1.54) is 0 Å². The molecule has 14 heavy (non-hydrogen) atoms. The van der Waals surface area contributed by atoms with E-state index in [0.717, 1.165) is 10.2 Å². The first-order valence-corrected chi connectivity index (χ1v) is 4.96. The van der Waals surface area contributed by atoms with E-state index in [1.54, 1.807) is 12.1 Å². The molecule has 0 amide bonds. The Morgan fingerprint density at radius 1 is 1.64 bits per heavy atom. The number of halogens is 2. The summed E-state index contributed by atoms with van der Waals surface area (Å²) in [5.41, 5.74) is 6.02. The summed E-state index contributed by atoms with van der Waals surface area (Å²) in [6, 6.07) is 5.41. The van der Waals surface area contributed by atoms with Crippen LogP contribution in [0.3, 0.4) is 0 Å². The maximum absolute atomic E-state index is 8.31. The van der Waals surface area contributed by atoms with E-state index in [-0.39, 0.29) is 12.4 Å². The van der Waals surface area contributed by atoms with Crippen molar-refractivity contribution in [3.63, 3.8) is 0 Å². The number of hydrogen-bond acceptors (Lipinski definition) is 3. The van der Waals surface area contributed by atoms with Gasteiger partial charge in [0, 0.05) is 4.47 Å². The number of nitrogens with two attached hydrogens (primary N) is 1. The minimum Gasteiger partial charge on any atom is -0.409 e. The normalized spacial score (nSPS) is 11.4. The molecule has 76 valence electrons. The van der Waals surface area contributed by atoms with E-state index in [4.69, 9.17) is 22.5 Å². The number of nitrogens with one attached hydrogen (secondary N) is 1. The number of oxime groups is 1. The molecule has 0 heterocycles. The first-order valence-electron chi connectivity index (χ1n) is 3.79. The van der Waals surface area contributed by atoms with E-state index in [2.05, 4.69) is 26.4 Å². The summed E-state index contributed by atoms with van der Waals surface area (Å²) in [6.07, 6.45) is 0. The fraction of sp³-hybridized carbons (Fsp3) is 0.125. The fourth-order valence-electron chi connectivity index (χ4n) is 0.854. The molecule has 0 spiro atoms. The van der Waals surface area contributed by atoms with Gasteiger partial charge in [-0.2, -0.15) is 0 Å². The maximum atomic E-state index is 8.31. The average Bonchev–Trinajstić information content (AvgIpc) is 2.16. The van der Waals surface area contributed by atoms with Crippen molar-refractivity contribution in [2.75, 3.05) is 11.9 Å². The summed E-state index contributed by atoms with van der Waals surface area (Å²) in [5, 5.41) is 14.6. The number of amidine groups is 1. The van der Waals surface area contributed by atoms with Gasteiger partial charge in [-0.15, -0.1) is 0 Å². The summed E-state index contributed by atoms with van der Waals surface area (Å²) in [6.45, 7) is 0.248. The highest BCUT2D eigenvalue weighted by atomic mass is 79.9. The molecular formula is C8H9BrClN3O. The van der Waals surface area contributed by atoms with E-state index < -0.39 is 0 Å². The molecule has 0 aromatic heterocycles. The van der Waals surface area contributed by atoms with Crippen molar-refractivity contribution in [3.05, 3.63) is 27.7 Å². The number of rotatable bonds is 3. The Bertz CT molecular complexity index is 356. The smallest absolute Gasteiger partial charge is 0.158 e. The van der Waals surface area contributed by atoms with Crippen molar-refractivity contribution < 1.29 is 5.21 Å². The quantitative estimate of drug-likeness (QED) is 0.344. The van der Waals surface area contributed by atoms with Gasteiger partial charge in [-0.1, -0.05) is 32.7 Å². The highest BCUT2D eigenvalue weighted by Gasteiger charge is 2.00. The van der Waals surface area contributed by atoms with E-state index in [0.29, 0.717) is 5.02 Å². The third-order valence-corrected chi connectivity index (χ3v) is 2.33. The van der Waals surface area contributed by atoms with Gasteiger partial charge < -0.3 is 16.3 Å². The van der Waals surface area contributed by atoms with Crippen LogP contribution in [0.1, 0.15) is 0 Å². The molecule has 0 saturated carbocycles. The van der Waals surface area contributed by atoms with Crippen LogP contribution in [0.2, 0.25) is 5.02 Å².